The van der Waals surface area contributed by atoms with Gasteiger partial charge < -0.3 is 9.73 Å². The zero-order valence-corrected chi connectivity index (χ0v) is 10.9. The van der Waals surface area contributed by atoms with Gasteiger partial charge in [-0.15, -0.1) is 0 Å². The van der Waals surface area contributed by atoms with Gasteiger partial charge in [0.15, 0.2) is 0 Å². The third kappa shape index (κ3) is 2.42. The van der Waals surface area contributed by atoms with Gasteiger partial charge >= 0.3 is 0 Å². The molecule has 0 bridgehead atoms. The Morgan fingerprint density at radius 1 is 1.29 bits per heavy atom. The lowest BCUT2D eigenvalue weighted by atomic mass is 9.98. The maximum absolute atomic E-state index is 5.76. The quantitative estimate of drug-likeness (QED) is 0.945. The minimum absolute atomic E-state index is 0.708. The van der Waals surface area contributed by atoms with Crippen LogP contribution in [0.4, 0.5) is 0 Å². The Hall–Kier alpha value is -1.13. The molecule has 3 rings (SSSR count). The number of hydrogen-bond donors (Lipinski definition) is 1. The van der Waals surface area contributed by atoms with Crippen molar-refractivity contribution < 1.29 is 4.42 Å². The molecule has 1 saturated heterocycles. The fourth-order valence-electron chi connectivity index (χ4n) is 1.91. The molecule has 2 aromatic rings. The van der Waals surface area contributed by atoms with Crippen molar-refractivity contribution in [1.29, 1.82) is 0 Å². The van der Waals surface area contributed by atoms with Crippen molar-refractivity contribution in [3.8, 4) is 11.5 Å². The molecule has 1 N–H and O–H groups in total. The lowest BCUT2D eigenvalue weighted by Crippen LogP contribution is -2.42. The van der Waals surface area contributed by atoms with E-state index < -0.39 is 0 Å². The average Bonchev–Trinajstić information content (AvgIpc) is 2.73. The van der Waals surface area contributed by atoms with Gasteiger partial charge in [-0.25, -0.2) is 4.98 Å². The van der Waals surface area contributed by atoms with Gasteiger partial charge in [-0.1, -0.05) is 15.9 Å². The monoisotopic (exact) mass is 292 g/mol. The minimum atomic E-state index is 0.708. The number of oxazole rings is 1. The van der Waals surface area contributed by atoms with Crippen LogP contribution in [0.2, 0.25) is 0 Å². The molecule has 0 radical (unpaired) electrons. The van der Waals surface area contributed by atoms with Crippen LogP contribution in [0.5, 0.6) is 0 Å². The summed E-state index contributed by atoms with van der Waals surface area (Å²) in [5.74, 6) is 2.40. The van der Waals surface area contributed by atoms with E-state index in [1.807, 2.05) is 30.5 Å². The van der Waals surface area contributed by atoms with E-state index in [1.54, 1.807) is 0 Å². The van der Waals surface area contributed by atoms with Crippen molar-refractivity contribution in [3.63, 3.8) is 0 Å². The van der Waals surface area contributed by atoms with E-state index in [4.69, 9.17) is 4.42 Å². The van der Waals surface area contributed by atoms with E-state index in [2.05, 4.69) is 26.2 Å². The largest absolute Gasteiger partial charge is 0.441 e. The van der Waals surface area contributed by atoms with Crippen molar-refractivity contribution in [2.75, 3.05) is 13.1 Å². The molecule has 0 saturated carbocycles. The fraction of sp³-hybridized carbons (Fsp3) is 0.308. The van der Waals surface area contributed by atoms with Gasteiger partial charge in [0.2, 0.25) is 5.89 Å². The Bertz CT molecular complexity index is 502. The van der Waals surface area contributed by atoms with Crippen LogP contribution < -0.4 is 5.32 Å². The first-order valence-electron chi connectivity index (χ1n) is 5.72. The molecule has 1 aliphatic heterocycles. The predicted octanol–water partition coefficient (Wildman–Crippen LogP) is 2.87. The summed E-state index contributed by atoms with van der Waals surface area (Å²) >= 11 is 3.41. The highest BCUT2D eigenvalue weighted by molar-refractivity contribution is 9.10. The molecule has 1 aromatic heterocycles. The molecular weight excluding hydrogens is 280 g/mol. The normalized spacial score (nSPS) is 15.8. The Labute approximate surface area is 108 Å². The second-order valence-electron chi connectivity index (χ2n) is 4.37. The van der Waals surface area contributed by atoms with E-state index in [9.17, 15) is 0 Å². The number of nitrogens with one attached hydrogen (secondary N) is 1. The molecule has 4 heteroatoms. The highest BCUT2D eigenvalue weighted by atomic mass is 79.9. The van der Waals surface area contributed by atoms with Crippen LogP contribution >= 0.6 is 15.9 Å². The van der Waals surface area contributed by atoms with Crippen LogP contribution in [0, 0.1) is 5.92 Å². The van der Waals surface area contributed by atoms with Crippen LogP contribution in [-0.2, 0) is 6.42 Å². The van der Waals surface area contributed by atoms with Gasteiger partial charge in [0.05, 0.1) is 6.20 Å². The van der Waals surface area contributed by atoms with Gasteiger partial charge in [0, 0.05) is 16.5 Å². The summed E-state index contributed by atoms with van der Waals surface area (Å²) in [6, 6.07) is 8.00. The SMILES string of the molecule is Brc1ccc(-c2ncc(CC3CNC3)o2)cc1. The number of halogens is 1. The zero-order valence-electron chi connectivity index (χ0n) is 9.32. The summed E-state index contributed by atoms with van der Waals surface area (Å²) in [5, 5.41) is 3.26. The average molecular weight is 293 g/mol. The highest BCUT2D eigenvalue weighted by Crippen LogP contribution is 2.23. The van der Waals surface area contributed by atoms with Crippen LogP contribution in [0.15, 0.2) is 39.4 Å². The van der Waals surface area contributed by atoms with Gasteiger partial charge in [-0.3, -0.25) is 0 Å². The van der Waals surface area contributed by atoms with Crippen LogP contribution in [0.1, 0.15) is 5.76 Å². The summed E-state index contributed by atoms with van der Waals surface area (Å²) in [7, 11) is 0. The molecular formula is C13H13BrN2O. The molecule has 1 aliphatic rings. The predicted molar refractivity (Wildman–Crippen MR) is 69.7 cm³/mol. The van der Waals surface area contributed by atoms with Gasteiger partial charge in [-0.05, 0) is 43.3 Å². The third-order valence-corrected chi connectivity index (χ3v) is 3.53. The molecule has 3 nitrogen and oxygen atoms in total. The number of rotatable bonds is 3. The maximum Gasteiger partial charge on any atom is 0.226 e. The Balaban J connectivity index is 1.76. The molecule has 0 spiro atoms. The van der Waals surface area contributed by atoms with Crippen molar-refractivity contribution in [2.24, 2.45) is 5.92 Å². The van der Waals surface area contributed by atoms with E-state index in [0.29, 0.717) is 11.8 Å². The smallest absolute Gasteiger partial charge is 0.226 e. The van der Waals surface area contributed by atoms with Gasteiger partial charge in [-0.2, -0.15) is 0 Å². The Morgan fingerprint density at radius 2 is 2.06 bits per heavy atom. The number of aromatic nitrogens is 1. The first-order valence-corrected chi connectivity index (χ1v) is 6.52. The first kappa shape index (κ1) is 11.0. The number of hydrogen-bond acceptors (Lipinski definition) is 3. The van der Waals surface area contributed by atoms with Crippen LogP contribution in [0.25, 0.3) is 11.5 Å². The summed E-state index contributed by atoms with van der Waals surface area (Å²) in [4.78, 5) is 4.33. The molecule has 0 aliphatic carbocycles. The number of benzene rings is 1. The van der Waals surface area contributed by atoms with Crippen molar-refractivity contribution in [3.05, 3.63) is 40.7 Å². The van der Waals surface area contributed by atoms with Crippen LogP contribution in [-0.4, -0.2) is 18.1 Å². The Kier molecular flexibility index (Phi) is 2.99. The van der Waals surface area contributed by atoms with Crippen molar-refractivity contribution in [2.45, 2.75) is 6.42 Å². The maximum atomic E-state index is 5.76. The third-order valence-electron chi connectivity index (χ3n) is 3.00. The molecule has 2 heterocycles. The van der Waals surface area contributed by atoms with E-state index >= 15 is 0 Å². The Morgan fingerprint density at radius 3 is 2.71 bits per heavy atom. The molecule has 1 aromatic carbocycles. The molecule has 17 heavy (non-hydrogen) atoms. The van der Waals surface area contributed by atoms with Crippen molar-refractivity contribution >= 4 is 15.9 Å². The molecule has 88 valence electrons. The zero-order chi connectivity index (χ0) is 11.7. The molecule has 0 unspecified atom stereocenters. The lowest BCUT2D eigenvalue weighted by molar-refractivity contribution is 0.324. The summed E-state index contributed by atoms with van der Waals surface area (Å²) in [6.45, 7) is 2.18. The summed E-state index contributed by atoms with van der Waals surface area (Å²) in [6.07, 6.45) is 2.83. The molecule has 0 amide bonds. The van der Waals surface area contributed by atoms with E-state index in [1.165, 1.54) is 0 Å². The van der Waals surface area contributed by atoms with E-state index in [0.717, 1.165) is 35.3 Å². The summed E-state index contributed by atoms with van der Waals surface area (Å²) in [5.41, 5.74) is 1.02. The molecule has 0 atom stereocenters. The highest BCUT2D eigenvalue weighted by Gasteiger charge is 2.19. The van der Waals surface area contributed by atoms with Crippen molar-refractivity contribution in [1.82, 2.24) is 10.3 Å². The van der Waals surface area contributed by atoms with Crippen LogP contribution in [0.3, 0.4) is 0 Å². The van der Waals surface area contributed by atoms with Gasteiger partial charge in [0.1, 0.15) is 5.76 Å². The summed E-state index contributed by atoms with van der Waals surface area (Å²) < 4.78 is 6.83. The second-order valence-corrected chi connectivity index (χ2v) is 5.28. The second kappa shape index (κ2) is 4.63. The van der Waals surface area contributed by atoms with E-state index in [-0.39, 0.29) is 0 Å². The molecule has 1 fully saturated rings. The topological polar surface area (TPSA) is 38.1 Å². The lowest BCUT2D eigenvalue weighted by Gasteiger charge is -2.25. The van der Waals surface area contributed by atoms with Gasteiger partial charge in [0.25, 0.3) is 0 Å². The standard InChI is InChI=1S/C13H13BrN2O/c14-11-3-1-10(2-4-11)13-16-8-12(17-13)5-9-6-15-7-9/h1-4,8-9,15H,5-7H2. The number of nitrogens with zero attached hydrogens (tertiary/aromatic N) is 1. The first-order chi connectivity index (χ1) is 8.31. The minimum Gasteiger partial charge on any atom is -0.441 e. The fourth-order valence-corrected chi connectivity index (χ4v) is 2.17.